The van der Waals surface area contributed by atoms with Crippen molar-refractivity contribution in [3.8, 4) is 17.3 Å². The molecule has 3 rings (SSSR count). The lowest BCUT2D eigenvalue weighted by Gasteiger charge is -2.11. The summed E-state index contributed by atoms with van der Waals surface area (Å²) in [7, 11) is 0. The molecule has 0 spiro atoms. The summed E-state index contributed by atoms with van der Waals surface area (Å²) < 4.78 is 7.42. The van der Waals surface area contributed by atoms with Gasteiger partial charge in [0.15, 0.2) is 5.75 Å². The first kappa shape index (κ1) is 12.9. The van der Waals surface area contributed by atoms with Crippen LogP contribution in [0, 0.1) is 0 Å². The van der Waals surface area contributed by atoms with Gasteiger partial charge in [0.05, 0.1) is 0 Å². The van der Waals surface area contributed by atoms with E-state index in [0.717, 1.165) is 5.69 Å². The van der Waals surface area contributed by atoms with Crippen molar-refractivity contribution in [3.63, 3.8) is 0 Å². The summed E-state index contributed by atoms with van der Waals surface area (Å²) >= 11 is 0. The molecule has 0 atom stereocenters. The van der Waals surface area contributed by atoms with Crippen molar-refractivity contribution in [1.29, 1.82) is 0 Å². The van der Waals surface area contributed by atoms with Crippen LogP contribution in [0.25, 0.3) is 5.69 Å². The molecule has 6 nitrogen and oxygen atoms in total. The van der Waals surface area contributed by atoms with Crippen LogP contribution in [0.4, 0.5) is 0 Å². The first-order valence-corrected chi connectivity index (χ1v) is 6.27. The van der Waals surface area contributed by atoms with E-state index in [-0.39, 0.29) is 11.4 Å². The molecule has 1 amide bonds. The molecule has 0 saturated carbocycles. The number of nitrogens with two attached hydrogens (primary N) is 1. The second-order valence-corrected chi connectivity index (χ2v) is 4.24. The molecular formula is C15H12N4O2. The number of primary amides is 1. The zero-order chi connectivity index (χ0) is 14.7. The highest BCUT2D eigenvalue weighted by molar-refractivity contribution is 5.95. The third-order valence-electron chi connectivity index (χ3n) is 2.86. The van der Waals surface area contributed by atoms with Crippen LogP contribution in [-0.2, 0) is 0 Å². The average Bonchev–Trinajstić information content (AvgIpc) is 3.02. The quantitative estimate of drug-likeness (QED) is 0.793. The maximum Gasteiger partial charge on any atom is 0.254 e. The predicted octanol–water partition coefficient (Wildman–Crippen LogP) is 2.16. The van der Waals surface area contributed by atoms with E-state index in [9.17, 15) is 4.79 Å². The van der Waals surface area contributed by atoms with E-state index < -0.39 is 5.91 Å². The molecule has 21 heavy (non-hydrogen) atoms. The summed E-state index contributed by atoms with van der Waals surface area (Å²) in [5.74, 6) is 0.113. The van der Waals surface area contributed by atoms with E-state index in [0.29, 0.717) is 5.75 Å². The summed E-state index contributed by atoms with van der Waals surface area (Å²) in [5.41, 5.74) is 6.29. The Balaban J connectivity index is 2.02. The second kappa shape index (κ2) is 5.46. The number of rotatable bonds is 4. The van der Waals surface area contributed by atoms with Gasteiger partial charge in [-0.3, -0.25) is 4.79 Å². The average molecular weight is 280 g/mol. The van der Waals surface area contributed by atoms with Crippen LogP contribution in [0.1, 0.15) is 10.4 Å². The second-order valence-electron chi connectivity index (χ2n) is 4.24. The van der Waals surface area contributed by atoms with E-state index >= 15 is 0 Å². The first-order valence-electron chi connectivity index (χ1n) is 6.27. The van der Waals surface area contributed by atoms with Crippen molar-refractivity contribution in [2.75, 3.05) is 0 Å². The van der Waals surface area contributed by atoms with Gasteiger partial charge < -0.3 is 10.5 Å². The SMILES string of the molecule is NC(=O)c1cccnc1Oc1ccccc1-n1cccn1. The molecule has 0 fully saturated rings. The lowest BCUT2D eigenvalue weighted by atomic mass is 10.2. The minimum Gasteiger partial charge on any atom is -0.436 e. The Morgan fingerprint density at radius 1 is 1.10 bits per heavy atom. The third-order valence-corrected chi connectivity index (χ3v) is 2.86. The molecule has 3 aromatic rings. The predicted molar refractivity (Wildman–Crippen MR) is 76.4 cm³/mol. The molecule has 0 aliphatic carbocycles. The van der Waals surface area contributed by atoms with Crippen molar-refractivity contribution in [2.24, 2.45) is 5.73 Å². The van der Waals surface area contributed by atoms with Gasteiger partial charge in [-0.05, 0) is 30.3 Å². The third kappa shape index (κ3) is 2.59. The molecule has 2 heterocycles. The molecule has 1 aromatic carbocycles. The summed E-state index contributed by atoms with van der Waals surface area (Å²) in [5, 5.41) is 4.17. The number of hydrogen-bond acceptors (Lipinski definition) is 4. The van der Waals surface area contributed by atoms with E-state index in [4.69, 9.17) is 10.5 Å². The van der Waals surface area contributed by atoms with Crippen LogP contribution in [0.2, 0.25) is 0 Å². The molecule has 0 saturated heterocycles. The van der Waals surface area contributed by atoms with Gasteiger partial charge in [-0.25, -0.2) is 9.67 Å². The molecule has 0 aliphatic heterocycles. The number of carbonyl (C=O) groups is 1. The maximum absolute atomic E-state index is 11.4. The molecule has 2 aromatic heterocycles. The molecule has 104 valence electrons. The Labute approximate surface area is 120 Å². The summed E-state index contributed by atoms with van der Waals surface area (Å²) in [4.78, 5) is 15.5. The molecule has 0 unspecified atom stereocenters. The molecule has 0 bridgehead atoms. The van der Waals surface area contributed by atoms with Gasteiger partial charge in [0.2, 0.25) is 5.88 Å². The Kier molecular flexibility index (Phi) is 3.34. The van der Waals surface area contributed by atoms with Gasteiger partial charge in [0, 0.05) is 18.6 Å². The summed E-state index contributed by atoms with van der Waals surface area (Å²) in [6.07, 6.45) is 5.01. The van der Waals surface area contributed by atoms with Crippen molar-refractivity contribution in [2.45, 2.75) is 0 Å². The number of carbonyl (C=O) groups excluding carboxylic acids is 1. The first-order chi connectivity index (χ1) is 10.3. The van der Waals surface area contributed by atoms with Gasteiger partial charge in [-0.1, -0.05) is 12.1 Å². The fraction of sp³-hybridized carbons (Fsp3) is 0. The minimum absolute atomic E-state index is 0.171. The highest BCUT2D eigenvalue weighted by Gasteiger charge is 2.13. The number of hydrogen-bond donors (Lipinski definition) is 1. The van der Waals surface area contributed by atoms with Crippen molar-refractivity contribution in [3.05, 3.63) is 66.6 Å². The van der Waals surface area contributed by atoms with E-state index in [1.54, 1.807) is 35.3 Å². The normalized spacial score (nSPS) is 10.3. The molecule has 0 radical (unpaired) electrons. The molecule has 0 aliphatic rings. The van der Waals surface area contributed by atoms with Gasteiger partial charge in [0.1, 0.15) is 11.3 Å². The largest absolute Gasteiger partial charge is 0.436 e. The fourth-order valence-electron chi connectivity index (χ4n) is 1.91. The monoisotopic (exact) mass is 280 g/mol. The number of amides is 1. The van der Waals surface area contributed by atoms with Crippen molar-refractivity contribution < 1.29 is 9.53 Å². The van der Waals surface area contributed by atoms with Gasteiger partial charge in [-0.2, -0.15) is 5.10 Å². The Hall–Kier alpha value is -3.15. The number of benzene rings is 1. The van der Waals surface area contributed by atoms with E-state index in [1.807, 2.05) is 24.3 Å². The lowest BCUT2D eigenvalue weighted by Crippen LogP contribution is -2.13. The van der Waals surface area contributed by atoms with Crippen LogP contribution in [0.3, 0.4) is 0 Å². The number of nitrogens with zero attached hydrogens (tertiary/aromatic N) is 3. The Morgan fingerprint density at radius 2 is 1.95 bits per heavy atom. The summed E-state index contributed by atoms with van der Waals surface area (Å²) in [6.45, 7) is 0. The highest BCUT2D eigenvalue weighted by Crippen LogP contribution is 2.28. The van der Waals surface area contributed by atoms with E-state index in [1.165, 1.54) is 6.20 Å². The van der Waals surface area contributed by atoms with Crippen LogP contribution < -0.4 is 10.5 Å². The summed E-state index contributed by atoms with van der Waals surface area (Å²) in [6, 6.07) is 12.3. The standard InChI is InChI=1S/C15H12N4O2/c16-14(20)11-5-3-8-17-15(11)21-13-7-2-1-6-12(13)19-10-4-9-18-19/h1-10H,(H2,16,20). The maximum atomic E-state index is 11.4. The van der Waals surface area contributed by atoms with E-state index in [2.05, 4.69) is 10.1 Å². The Morgan fingerprint density at radius 3 is 2.71 bits per heavy atom. The van der Waals surface area contributed by atoms with Crippen LogP contribution in [-0.4, -0.2) is 20.7 Å². The zero-order valence-electron chi connectivity index (χ0n) is 11.0. The van der Waals surface area contributed by atoms with Gasteiger partial charge in [0.25, 0.3) is 5.91 Å². The van der Waals surface area contributed by atoms with Crippen LogP contribution in [0.15, 0.2) is 61.1 Å². The molecule has 6 heteroatoms. The minimum atomic E-state index is -0.588. The van der Waals surface area contributed by atoms with Gasteiger partial charge in [-0.15, -0.1) is 0 Å². The zero-order valence-corrected chi connectivity index (χ0v) is 11.0. The molecule has 2 N–H and O–H groups in total. The fourth-order valence-corrected chi connectivity index (χ4v) is 1.91. The van der Waals surface area contributed by atoms with Crippen LogP contribution in [0.5, 0.6) is 11.6 Å². The number of ether oxygens (including phenoxy) is 1. The molecular weight excluding hydrogens is 268 g/mol. The number of para-hydroxylation sites is 2. The van der Waals surface area contributed by atoms with Crippen molar-refractivity contribution >= 4 is 5.91 Å². The topological polar surface area (TPSA) is 83.0 Å². The number of pyridine rings is 1. The Bertz CT molecular complexity index is 769. The highest BCUT2D eigenvalue weighted by atomic mass is 16.5. The number of aromatic nitrogens is 3. The van der Waals surface area contributed by atoms with Gasteiger partial charge >= 0.3 is 0 Å². The van der Waals surface area contributed by atoms with Crippen molar-refractivity contribution in [1.82, 2.24) is 14.8 Å². The lowest BCUT2D eigenvalue weighted by molar-refractivity contribution is 0.0997. The van der Waals surface area contributed by atoms with Crippen LogP contribution >= 0.6 is 0 Å². The smallest absolute Gasteiger partial charge is 0.254 e.